The molecule has 0 radical (unpaired) electrons. The summed E-state index contributed by atoms with van der Waals surface area (Å²) in [6, 6.07) is 17.5. The number of ether oxygens (including phenoxy) is 4. The van der Waals surface area contributed by atoms with E-state index in [2.05, 4.69) is 0 Å². The van der Waals surface area contributed by atoms with Gasteiger partial charge in [-0.1, -0.05) is 42.5 Å². The van der Waals surface area contributed by atoms with Crippen LogP contribution in [0.3, 0.4) is 0 Å². The molecule has 0 aliphatic carbocycles. The fourth-order valence-electron chi connectivity index (χ4n) is 3.43. The SMILES string of the molecule is COc1cc(/C=C2\C=C(c3cccc4ccccc34)OC2=O)cc(OC)c1OC. The third-order valence-electron chi connectivity index (χ3n) is 4.79. The highest BCUT2D eigenvalue weighted by Crippen LogP contribution is 2.39. The van der Waals surface area contributed by atoms with Gasteiger partial charge in [-0.2, -0.15) is 0 Å². The highest BCUT2D eigenvalue weighted by Gasteiger charge is 2.23. The largest absolute Gasteiger partial charge is 0.493 e. The molecule has 4 rings (SSSR count). The van der Waals surface area contributed by atoms with Crippen molar-refractivity contribution in [2.75, 3.05) is 21.3 Å². The first-order valence-corrected chi connectivity index (χ1v) is 9.08. The van der Waals surface area contributed by atoms with Crippen LogP contribution in [0.15, 0.2) is 66.2 Å². The van der Waals surface area contributed by atoms with E-state index in [9.17, 15) is 4.79 Å². The molecule has 3 aromatic rings. The summed E-state index contributed by atoms with van der Waals surface area (Å²) in [6.07, 6.45) is 3.50. The van der Waals surface area contributed by atoms with Gasteiger partial charge in [0.1, 0.15) is 5.76 Å². The molecular weight excluding hydrogens is 368 g/mol. The molecule has 0 saturated heterocycles. The molecule has 0 amide bonds. The molecule has 0 unspecified atom stereocenters. The van der Waals surface area contributed by atoms with E-state index in [1.165, 1.54) is 0 Å². The van der Waals surface area contributed by atoms with Gasteiger partial charge in [-0.15, -0.1) is 0 Å². The highest BCUT2D eigenvalue weighted by atomic mass is 16.5. The molecule has 0 fully saturated rings. The maximum atomic E-state index is 12.5. The van der Waals surface area contributed by atoms with Gasteiger partial charge in [-0.25, -0.2) is 4.79 Å². The van der Waals surface area contributed by atoms with E-state index < -0.39 is 5.97 Å². The Labute approximate surface area is 168 Å². The average Bonchev–Trinajstić information content (AvgIpc) is 3.12. The molecule has 1 aliphatic heterocycles. The van der Waals surface area contributed by atoms with Crippen LogP contribution < -0.4 is 14.2 Å². The van der Waals surface area contributed by atoms with Gasteiger partial charge in [0.25, 0.3) is 0 Å². The zero-order chi connectivity index (χ0) is 20.4. The number of hydrogen-bond donors (Lipinski definition) is 0. The number of cyclic esters (lactones) is 1. The van der Waals surface area contributed by atoms with Gasteiger partial charge < -0.3 is 18.9 Å². The van der Waals surface area contributed by atoms with Crippen LogP contribution in [0.5, 0.6) is 17.2 Å². The fourth-order valence-corrected chi connectivity index (χ4v) is 3.43. The maximum absolute atomic E-state index is 12.5. The lowest BCUT2D eigenvalue weighted by Gasteiger charge is -2.12. The van der Waals surface area contributed by atoms with Crippen LogP contribution in [0.4, 0.5) is 0 Å². The van der Waals surface area contributed by atoms with Crippen molar-refractivity contribution >= 4 is 28.6 Å². The molecule has 5 nitrogen and oxygen atoms in total. The summed E-state index contributed by atoms with van der Waals surface area (Å²) < 4.78 is 21.7. The Morgan fingerprint density at radius 1 is 0.862 bits per heavy atom. The maximum Gasteiger partial charge on any atom is 0.343 e. The molecular formula is C24H20O5. The molecule has 1 heterocycles. The molecule has 0 spiro atoms. The molecule has 146 valence electrons. The average molecular weight is 388 g/mol. The molecule has 29 heavy (non-hydrogen) atoms. The normalized spacial score (nSPS) is 14.7. The second-order valence-electron chi connectivity index (χ2n) is 6.48. The number of carbonyl (C=O) groups is 1. The van der Waals surface area contributed by atoms with Crippen molar-refractivity contribution in [2.24, 2.45) is 0 Å². The zero-order valence-electron chi connectivity index (χ0n) is 16.4. The summed E-state index contributed by atoms with van der Waals surface area (Å²) in [5, 5.41) is 2.12. The summed E-state index contributed by atoms with van der Waals surface area (Å²) in [5.41, 5.74) is 2.06. The second kappa shape index (κ2) is 7.72. The number of benzene rings is 3. The second-order valence-corrected chi connectivity index (χ2v) is 6.48. The van der Waals surface area contributed by atoms with E-state index in [0.29, 0.717) is 28.6 Å². The van der Waals surface area contributed by atoms with Gasteiger partial charge in [0.15, 0.2) is 11.5 Å². The predicted molar refractivity (Wildman–Crippen MR) is 112 cm³/mol. The van der Waals surface area contributed by atoms with E-state index in [0.717, 1.165) is 21.9 Å². The van der Waals surface area contributed by atoms with Crippen LogP contribution in [0.1, 0.15) is 11.1 Å². The van der Waals surface area contributed by atoms with Gasteiger partial charge in [-0.05, 0) is 40.6 Å². The molecule has 3 aromatic carbocycles. The minimum absolute atomic E-state index is 0.401. The van der Waals surface area contributed by atoms with E-state index in [1.807, 2.05) is 42.5 Å². The van der Waals surface area contributed by atoms with Crippen LogP contribution in [-0.2, 0) is 9.53 Å². The van der Waals surface area contributed by atoms with Crippen molar-refractivity contribution in [3.05, 3.63) is 77.4 Å². The van der Waals surface area contributed by atoms with Gasteiger partial charge >= 0.3 is 5.97 Å². The lowest BCUT2D eigenvalue weighted by molar-refractivity contribution is -0.130. The smallest absolute Gasteiger partial charge is 0.343 e. The highest BCUT2D eigenvalue weighted by molar-refractivity contribution is 6.07. The molecule has 0 saturated carbocycles. The Bertz CT molecular complexity index is 1130. The first kappa shape index (κ1) is 18.6. The third kappa shape index (κ3) is 3.43. The summed E-state index contributed by atoms with van der Waals surface area (Å²) >= 11 is 0. The van der Waals surface area contributed by atoms with Crippen LogP contribution in [0, 0.1) is 0 Å². The van der Waals surface area contributed by atoms with Crippen molar-refractivity contribution in [3.8, 4) is 17.2 Å². The quantitative estimate of drug-likeness (QED) is 0.462. The summed E-state index contributed by atoms with van der Waals surface area (Å²) in [6.45, 7) is 0. The summed E-state index contributed by atoms with van der Waals surface area (Å²) in [5.74, 6) is 1.66. The Morgan fingerprint density at radius 2 is 1.55 bits per heavy atom. The van der Waals surface area contributed by atoms with Crippen molar-refractivity contribution in [1.29, 1.82) is 0 Å². The van der Waals surface area contributed by atoms with Gasteiger partial charge in [0, 0.05) is 5.56 Å². The topological polar surface area (TPSA) is 54.0 Å². The lowest BCUT2D eigenvalue weighted by atomic mass is 10.0. The Hall–Kier alpha value is -3.73. The number of methoxy groups -OCH3 is 3. The molecule has 0 atom stereocenters. The van der Waals surface area contributed by atoms with Crippen LogP contribution in [0.25, 0.3) is 22.6 Å². The standard InChI is InChI=1S/C24H20O5/c1-26-21-12-15(13-22(27-2)23(21)28-3)11-17-14-20(29-24(17)25)19-10-6-8-16-7-4-5-9-18(16)19/h4-14H,1-3H3/b17-11+. The van der Waals surface area contributed by atoms with Crippen molar-refractivity contribution in [1.82, 2.24) is 0 Å². The van der Waals surface area contributed by atoms with Crippen molar-refractivity contribution < 1.29 is 23.7 Å². The van der Waals surface area contributed by atoms with Gasteiger partial charge in [0.05, 0.1) is 26.9 Å². The van der Waals surface area contributed by atoms with E-state index in [-0.39, 0.29) is 0 Å². The van der Waals surface area contributed by atoms with Gasteiger partial charge in [0.2, 0.25) is 5.75 Å². The number of hydrogen-bond acceptors (Lipinski definition) is 5. The van der Waals surface area contributed by atoms with Gasteiger partial charge in [-0.3, -0.25) is 0 Å². The van der Waals surface area contributed by atoms with Crippen molar-refractivity contribution in [2.45, 2.75) is 0 Å². The minimum Gasteiger partial charge on any atom is -0.493 e. The first-order valence-electron chi connectivity index (χ1n) is 9.08. The fraction of sp³-hybridized carbons (Fsp3) is 0.125. The molecule has 0 N–H and O–H groups in total. The number of rotatable bonds is 5. The Kier molecular flexibility index (Phi) is 4.96. The monoisotopic (exact) mass is 388 g/mol. The number of carbonyl (C=O) groups excluding carboxylic acids is 1. The van der Waals surface area contributed by atoms with Crippen LogP contribution in [-0.4, -0.2) is 27.3 Å². The summed E-state index contributed by atoms with van der Waals surface area (Å²) in [4.78, 5) is 12.5. The summed E-state index contributed by atoms with van der Waals surface area (Å²) in [7, 11) is 4.65. The third-order valence-corrected chi connectivity index (χ3v) is 4.79. The van der Waals surface area contributed by atoms with E-state index in [1.54, 1.807) is 45.6 Å². The Balaban J connectivity index is 1.77. The van der Waals surface area contributed by atoms with Crippen LogP contribution in [0.2, 0.25) is 0 Å². The molecule has 0 bridgehead atoms. The number of esters is 1. The minimum atomic E-state index is -0.401. The molecule has 5 heteroatoms. The van der Waals surface area contributed by atoms with E-state index >= 15 is 0 Å². The Morgan fingerprint density at radius 3 is 2.24 bits per heavy atom. The van der Waals surface area contributed by atoms with Crippen LogP contribution >= 0.6 is 0 Å². The predicted octanol–water partition coefficient (Wildman–Crippen LogP) is 4.85. The first-order chi connectivity index (χ1) is 14.1. The molecule has 1 aliphatic rings. The molecule has 0 aromatic heterocycles. The van der Waals surface area contributed by atoms with E-state index in [4.69, 9.17) is 18.9 Å². The number of fused-ring (bicyclic) bond motifs is 1. The van der Waals surface area contributed by atoms with Crippen molar-refractivity contribution in [3.63, 3.8) is 0 Å². The lowest BCUT2D eigenvalue weighted by Crippen LogP contribution is -1.98. The zero-order valence-corrected chi connectivity index (χ0v) is 16.4.